The number of ether oxygens (including phenoxy) is 1. The molecule has 12 heavy (non-hydrogen) atoms. The van der Waals surface area contributed by atoms with E-state index in [1.54, 1.807) is 14.0 Å². The van der Waals surface area contributed by atoms with Crippen LogP contribution >= 0.6 is 0 Å². The highest BCUT2D eigenvalue weighted by atomic mass is 16.5. The highest BCUT2D eigenvalue weighted by Gasteiger charge is 2.31. The first kappa shape index (κ1) is 14.2. The third kappa shape index (κ3) is 4.50. The van der Waals surface area contributed by atoms with Crippen molar-refractivity contribution in [3.05, 3.63) is 0 Å². The van der Waals surface area contributed by atoms with Gasteiger partial charge in [0.1, 0.15) is 5.78 Å². The van der Waals surface area contributed by atoms with Crippen molar-refractivity contribution in [2.45, 2.75) is 47.1 Å². The van der Waals surface area contributed by atoms with E-state index in [1.807, 2.05) is 0 Å². The zero-order chi connectivity index (χ0) is 7.56. The maximum atomic E-state index is 10.7. The fourth-order valence-electron chi connectivity index (χ4n) is 1.19. The van der Waals surface area contributed by atoms with Gasteiger partial charge in [0, 0.05) is 13.5 Å². The van der Waals surface area contributed by atoms with Crippen molar-refractivity contribution in [3.63, 3.8) is 0 Å². The molecule has 1 saturated carbocycles. The SMILES string of the molecule is C.C.COC(CC(C)=O)C1CC1. The molecule has 1 rings (SSSR count). The fraction of sp³-hybridized carbons (Fsp3) is 0.900. The van der Waals surface area contributed by atoms with E-state index in [0.29, 0.717) is 12.3 Å². The van der Waals surface area contributed by atoms with E-state index >= 15 is 0 Å². The molecule has 1 atom stereocenters. The molecule has 1 aliphatic carbocycles. The van der Waals surface area contributed by atoms with Gasteiger partial charge < -0.3 is 4.74 Å². The molecule has 0 heterocycles. The van der Waals surface area contributed by atoms with Crippen LogP contribution in [0.3, 0.4) is 0 Å². The lowest BCUT2D eigenvalue weighted by atomic mass is 10.1. The minimum absolute atomic E-state index is 0. The predicted molar refractivity (Wildman–Crippen MR) is 52.3 cm³/mol. The lowest BCUT2D eigenvalue weighted by molar-refractivity contribution is -0.119. The summed E-state index contributed by atoms with van der Waals surface area (Å²) in [6.45, 7) is 1.62. The molecule has 0 aromatic heterocycles. The number of methoxy groups -OCH3 is 1. The monoisotopic (exact) mass is 174 g/mol. The second-order valence-electron chi connectivity index (χ2n) is 3.02. The Morgan fingerprint density at radius 3 is 2.25 bits per heavy atom. The number of carbonyl (C=O) groups is 1. The van der Waals surface area contributed by atoms with E-state index < -0.39 is 0 Å². The van der Waals surface area contributed by atoms with Crippen LogP contribution in [0, 0.1) is 5.92 Å². The molecule has 0 bridgehead atoms. The Morgan fingerprint density at radius 2 is 2.00 bits per heavy atom. The third-order valence-corrected chi connectivity index (χ3v) is 1.94. The first-order valence-electron chi connectivity index (χ1n) is 3.76. The molecule has 0 aromatic rings. The molecule has 1 fully saturated rings. The summed E-state index contributed by atoms with van der Waals surface area (Å²) in [4.78, 5) is 10.7. The quantitative estimate of drug-likeness (QED) is 0.655. The summed E-state index contributed by atoms with van der Waals surface area (Å²) in [6, 6.07) is 0. The zero-order valence-corrected chi connectivity index (χ0v) is 6.59. The van der Waals surface area contributed by atoms with Gasteiger partial charge in [-0.05, 0) is 25.7 Å². The molecular formula is C10H22O2. The summed E-state index contributed by atoms with van der Waals surface area (Å²) >= 11 is 0. The average molecular weight is 174 g/mol. The van der Waals surface area contributed by atoms with E-state index in [1.165, 1.54) is 12.8 Å². The number of rotatable bonds is 4. The molecule has 0 aliphatic heterocycles. The Balaban J connectivity index is 0. The predicted octanol–water partition coefficient (Wildman–Crippen LogP) is 2.66. The van der Waals surface area contributed by atoms with E-state index in [4.69, 9.17) is 4.74 Å². The molecule has 0 aromatic carbocycles. The second-order valence-corrected chi connectivity index (χ2v) is 3.02. The second kappa shape index (κ2) is 6.18. The largest absolute Gasteiger partial charge is 0.381 e. The highest BCUT2D eigenvalue weighted by molar-refractivity contribution is 5.76. The topological polar surface area (TPSA) is 26.3 Å². The van der Waals surface area contributed by atoms with Crippen LogP contribution in [-0.2, 0) is 9.53 Å². The summed E-state index contributed by atoms with van der Waals surface area (Å²) in [7, 11) is 1.69. The molecule has 0 radical (unpaired) electrons. The molecular weight excluding hydrogens is 152 g/mol. The summed E-state index contributed by atoms with van der Waals surface area (Å²) in [5.74, 6) is 0.910. The van der Waals surface area contributed by atoms with Crippen LogP contribution in [0.1, 0.15) is 41.0 Å². The van der Waals surface area contributed by atoms with Crippen molar-refractivity contribution in [1.29, 1.82) is 0 Å². The highest BCUT2D eigenvalue weighted by Crippen LogP contribution is 2.35. The van der Waals surface area contributed by atoms with Crippen LogP contribution in [-0.4, -0.2) is 19.0 Å². The first-order chi connectivity index (χ1) is 4.74. The average Bonchev–Trinajstić information content (AvgIpc) is 2.63. The van der Waals surface area contributed by atoms with Crippen LogP contribution in [0.25, 0.3) is 0 Å². The molecule has 2 nitrogen and oxygen atoms in total. The summed E-state index contributed by atoms with van der Waals surface area (Å²) < 4.78 is 5.16. The van der Waals surface area contributed by atoms with E-state index in [0.717, 1.165) is 0 Å². The number of hydrogen-bond acceptors (Lipinski definition) is 2. The van der Waals surface area contributed by atoms with Crippen LogP contribution in [0.2, 0.25) is 0 Å². The van der Waals surface area contributed by atoms with Crippen LogP contribution in [0.4, 0.5) is 0 Å². The van der Waals surface area contributed by atoms with Crippen LogP contribution in [0.15, 0.2) is 0 Å². The summed E-state index contributed by atoms with van der Waals surface area (Å²) in [5, 5.41) is 0. The van der Waals surface area contributed by atoms with Crippen molar-refractivity contribution < 1.29 is 9.53 Å². The standard InChI is InChI=1S/C8H14O2.2CH4/c1-6(9)5-8(10-2)7-3-4-7;;/h7-8H,3-5H2,1-2H3;2*1H4. The van der Waals surface area contributed by atoms with Crippen LogP contribution < -0.4 is 0 Å². The van der Waals surface area contributed by atoms with Gasteiger partial charge in [-0.3, -0.25) is 4.79 Å². The lowest BCUT2D eigenvalue weighted by Crippen LogP contribution is -2.16. The van der Waals surface area contributed by atoms with Crippen molar-refractivity contribution in [3.8, 4) is 0 Å². The van der Waals surface area contributed by atoms with Gasteiger partial charge >= 0.3 is 0 Å². The van der Waals surface area contributed by atoms with Gasteiger partial charge in [-0.15, -0.1) is 0 Å². The molecule has 2 heteroatoms. The molecule has 0 amide bonds. The maximum absolute atomic E-state index is 10.7. The Morgan fingerprint density at radius 1 is 1.50 bits per heavy atom. The first-order valence-corrected chi connectivity index (χ1v) is 3.76. The molecule has 0 spiro atoms. The zero-order valence-electron chi connectivity index (χ0n) is 6.59. The van der Waals surface area contributed by atoms with E-state index in [9.17, 15) is 4.79 Å². The van der Waals surface area contributed by atoms with Crippen molar-refractivity contribution in [2.75, 3.05) is 7.11 Å². The lowest BCUT2D eigenvalue weighted by Gasteiger charge is -2.10. The Kier molecular flexibility index (Phi) is 7.30. The van der Waals surface area contributed by atoms with Gasteiger partial charge in [-0.25, -0.2) is 0 Å². The van der Waals surface area contributed by atoms with Gasteiger partial charge in [0.05, 0.1) is 6.10 Å². The molecule has 74 valence electrons. The molecule has 0 N–H and O–H groups in total. The summed E-state index contributed by atoms with van der Waals surface area (Å²) in [5.41, 5.74) is 0. The van der Waals surface area contributed by atoms with E-state index in [2.05, 4.69) is 0 Å². The number of carbonyl (C=O) groups excluding carboxylic acids is 1. The fourth-order valence-corrected chi connectivity index (χ4v) is 1.19. The van der Waals surface area contributed by atoms with Crippen molar-refractivity contribution >= 4 is 5.78 Å². The smallest absolute Gasteiger partial charge is 0.132 e. The van der Waals surface area contributed by atoms with Gasteiger partial charge in [0.15, 0.2) is 0 Å². The third-order valence-electron chi connectivity index (χ3n) is 1.94. The van der Waals surface area contributed by atoms with Gasteiger partial charge in [-0.2, -0.15) is 0 Å². The Bertz CT molecular complexity index is 128. The van der Waals surface area contributed by atoms with Gasteiger partial charge in [0.2, 0.25) is 0 Å². The number of ketones is 1. The maximum Gasteiger partial charge on any atom is 0.132 e. The molecule has 1 unspecified atom stereocenters. The van der Waals surface area contributed by atoms with Gasteiger partial charge in [-0.1, -0.05) is 14.9 Å². The van der Waals surface area contributed by atoms with Crippen LogP contribution in [0.5, 0.6) is 0 Å². The Hall–Kier alpha value is -0.370. The van der Waals surface area contributed by atoms with Crippen molar-refractivity contribution in [2.24, 2.45) is 5.92 Å². The molecule has 0 saturated heterocycles. The summed E-state index contributed by atoms with van der Waals surface area (Å²) in [6.07, 6.45) is 3.29. The molecule has 1 aliphatic rings. The number of hydrogen-bond donors (Lipinski definition) is 0. The normalized spacial score (nSPS) is 17.2. The number of Topliss-reactive ketones (excluding diaryl/α,β-unsaturated/α-hetero) is 1. The van der Waals surface area contributed by atoms with Gasteiger partial charge in [0.25, 0.3) is 0 Å². The van der Waals surface area contributed by atoms with E-state index in [-0.39, 0.29) is 26.7 Å². The van der Waals surface area contributed by atoms with Crippen molar-refractivity contribution in [1.82, 2.24) is 0 Å². The Labute approximate surface area is 76.3 Å². The minimum Gasteiger partial charge on any atom is -0.381 e. The minimum atomic E-state index is 0.